The minimum Gasteiger partial charge on any atom is -0.425 e. The molecule has 3 heterocycles. The Labute approximate surface area is 188 Å². The molecule has 0 radical (unpaired) electrons. The predicted molar refractivity (Wildman–Crippen MR) is 115 cm³/mol. The Balaban J connectivity index is 1.74. The summed E-state index contributed by atoms with van der Waals surface area (Å²) in [5, 5.41) is 8.29. The van der Waals surface area contributed by atoms with Gasteiger partial charge in [0.25, 0.3) is 5.56 Å². The second kappa shape index (κ2) is 8.04. The largest absolute Gasteiger partial charge is 0.425 e. The van der Waals surface area contributed by atoms with Gasteiger partial charge in [0.15, 0.2) is 5.16 Å². The van der Waals surface area contributed by atoms with Crippen LogP contribution in [0.5, 0.6) is 0 Å². The molecule has 0 unspecified atom stereocenters. The standard InChI is InChI=1S/C21H17F3N4O2S2/c1-11-26-27-16(30-11)10-31-20-25-18-17(12-6-2-5-9-15(12)32-18)19(29)28(20)14-8-4-3-7-13(14)21(22,23)24/h3-4,7-8H,2,5-6,9-10H2,1H3. The number of fused-ring (bicyclic) bond motifs is 3. The second-order valence-electron chi connectivity index (χ2n) is 7.44. The summed E-state index contributed by atoms with van der Waals surface area (Å²) in [6, 6.07) is 5.08. The summed E-state index contributed by atoms with van der Waals surface area (Å²) in [7, 11) is 0. The van der Waals surface area contributed by atoms with Gasteiger partial charge in [0.2, 0.25) is 11.8 Å². The Morgan fingerprint density at radius 3 is 2.72 bits per heavy atom. The van der Waals surface area contributed by atoms with Crippen LogP contribution in [0.15, 0.2) is 38.6 Å². The topological polar surface area (TPSA) is 73.8 Å². The third-order valence-corrected chi connectivity index (χ3v) is 7.41. The van der Waals surface area contributed by atoms with Crippen LogP contribution in [0.4, 0.5) is 13.2 Å². The van der Waals surface area contributed by atoms with Crippen LogP contribution in [0, 0.1) is 6.92 Å². The minimum atomic E-state index is -4.62. The molecule has 4 aromatic rings. The van der Waals surface area contributed by atoms with E-state index in [-0.39, 0.29) is 16.6 Å². The van der Waals surface area contributed by atoms with Crippen LogP contribution < -0.4 is 5.56 Å². The highest BCUT2D eigenvalue weighted by Crippen LogP contribution is 2.38. The number of aromatic nitrogens is 4. The van der Waals surface area contributed by atoms with E-state index < -0.39 is 17.3 Å². The number of aryl methyl sites for hydroxylation is 3. The van der Waals surface area contributed by atoms with E-state index in [0.717, 1.165) is 58.5 Å². The van der Waals surface area contributed by atoms with Crippen LogP contribution >= 0.6 is 23.1 Å². The second-order valence-corrected chi connectivity index (χ2v) is 9.47. The normalized spacial score (nSPS) is 14.1. The number of rotatable bonds is 4. The summed E-state index contributed by atoms with van der Waals surface area (Å²) in [5.41, 5.74) is -0.673. The lowest BCUT2D eigenvalue weighted by atomic mass is 9.97. The number of para-hydroxylation sites is 1. The molecule has 1 aromatic carbocycles. The van der Waals surface area contributed by atoms with E-state index in [4.69, 9.17) is 4.42 Å². The van der Waals surface area contributed by atoms with E-state index in [1.54, 1.807) is 6.92 Å². The highest BCUT2D eigenvalue weighted by molar-refractivity contribution is 7.98. The molecular weight excluding hydrogens is 461 g/mol. The van der Waals surface area contributed by atoms with Gasteiger partial charge in [-0.25, -0.2) is 4.98 Å². The lowest BCUT2D eigenvalue weighted by Gasteiger charge is -2.17. The van der Waals surface area contributed by atoms with E-state index in [2.05, 4.69) is 15.2 Å². The van der Waals surface area contributed by atoms with Crippen LogP contribution in [-0.4, -0.2) is 19.7 Å². The van der Waals surface area contributed by atoms with Gasteiger partial charge in [-0.2, -0.15) is 13.2 Å². The van der Waals surface area contributed by atoms with Crippen LogP contribution in [0.1, 0.15) is 40.6 Å². The Morgan fingerprint density at radius 1 is 1.19 bits per heavy atom. The van der Waals surface area contributed by atoms with Crippen molar-refractivity contribution in [1.29, 1.82) is 0 Å². The van der Waals surface area contributed by atoms with Crippen molar-refractivity contribution in [3.8, 4) is 5.69 Å². The predicted octanol–water partition coefficient (Wildman–Crippen LogP) is 5.33. The SMILES string of the molecule is Cc1nnc(CSc2nc3sc4c(c3c(=O)n2-c2ccccc2C(F)(F)F)CCCC4)o1. The zero-order valence-corrected chi connectivity index (χ0v) is 18.5. The van der Waals surface area contributed by atoms with Crippen molar-refractivity contribution in [1.82, 2.24) is 19.7 Å². The molecule has 3 aromatic heterocycles. The molecule has 0 atom stereocenters. The Kier molecular flexibility index (Phi) is 5.32. The number of benzene rings is 1. The molecule has 0 aliphatic heterocycles. The first-order chi connectivity index (χ1) is 15.3. The summed E-state index contributed by atoms with van der Waals surface area (Å²) in [4.78, 5) is 20.0. The monoisotopic (exact) mass is 478 g/mol. The van der Waals surface area contributed by atoms with Crippen molar-refractivity contribution in [2.45, 2.75) is 49.7 Å². The van der Waals surface area contributed by atoms with Crippen molar-refractivity contribution in [2.75, 3.05) is 0 Å². The van der Waals surface area contributed by atoms with Gasteiger partial charge in [0.1, 0.15) is 4.83 Å². The maximum absolute atomic E-state index is 13.8. The zero-order valence-electron chi connectivity index (χ0n) is 16.9. The number of halogens is 3. The quantitative estimate of drug-likeness (QED) is 0.292. The first-order valence-electron chi connectivity index (χ1n) is 9.98. The third-order valence-electron chi connectivity index (χ3n) is 5.30. The zero-order chi connectivity index (χ0) is 22.5. The molecule has 32 heavy (non-hydrogen) atoms. The fourth-order valence-corrected chi connectivity index (χ4v) is 6.07. The van der Waals surface area contributed by atoms with Gasteiger partial charge >= 0.3 is 6.18 Å². The molecule has 0 spiro atoms. The maximum atomic E-state index is 13.8. The summed E-state index contributed by atoms with van der Waals surface area (Å²) < 4.78 is 47.9. The molecule has 0 bridgehead atoms. The van der Waals surface area contributed by atoms with Crippen LogP contribution in [0.3, 0.4) is 0 Å². The van der Waals surface area contributed by atoms with Crippen molar-refractivity contribution < 1.29 is 17.6 Å². The first kappa shape index (κ1) is 21.2. The van der Waals surface area contributed by atoms with Crippen molar-refractivity contribution >= 4 is 33.3 Å². The Morgan fingerprint density at radius 2 is 1.97 bits per heavy atom. The molecule has 1 aliphatic carbocycles. The molecule has 0 saturated heterocycles. The number of alkyl halides is 3. The van der Waals surface area contributed by atoms with Crippen molar-refractivity contribution in [3.05, 3.63) is 62.4 Å². The molecule has 0 fully saturated rings. The van der Waals surface area contributed by atoms with E-state index >= 15 is 0 Å². The summed E-state index contributed by atoms with van der Waals surface area (Å²) in [6.07, 6.45) is -1.04. The summed E-state index contributed by atoms with van der Waals surface area (Å²) in [5.74, 6) is 0.871. The average Bonchev–Trinajstić information content (AvgIpc) is 3.34. The first-order valence-corrected chi connectivity index (χ1v) is 11.8. The van der Waals surface area contributed by atoms with Gasteiger partial charge in [-0.15, -0.1) is 21.5 Å². The van der Waals surface area contributed by atoms with Gasteiger partial charge in [0.05, 0.1) is 22.4 Å². The van der Waals surface area contributed by atoms with Gasteiger partial charge in [-0.3, -0.25) is 9.36 Å². The number of hydrogen-bond acceptors (Lipinski definition) is 7. The minimum absolute atomic E-state index is 0.161. The molecule has 166 valence electrons. The molecule has 6 nitrogen and oxygen atoms in total. The molecule has 0 saturated carbocycles. The highest BCUT2D eigenvalue weighted by Gasteiger charge is 2.35. The van der Waals surface area contributed by atoms with Gasteiger partial charge in [-0.1, -0.05) is 23.9 Å². The number of thiophene rings is 1. The fourth-order valence-electron chi connectivity index (χ4n) is 3.93. The maximum Gasteiger partial charge on any atom is 0.418 e. The molecule has 1 aliphatic rings. The van der Waals surface area contributed by atoms with E-state index in [9.17, 15) is 18.0 Å². The van der Waals surface area contributed by atoms with Gasteiger partial charge in [0, 0.05) is 11.8 Å². The number of hydrogen-bond donors (Lipinski definition) is 0. The van der Waals surface area contributed by atoms with E-state index in [0.29, 0.717) is 22.0 Å². The number of nitrogens with zero attached hydrogens (tertiary/aromatic N) is 4. The lowest BCUT2D eigenvalue weighted by Crippen LogP contribution is -2.25. The van der Waals surface area contributed by atoms with Crippen LogP contribution in [0.25, 0.3) is 15.9 Å². The molecule has 0 N–H and O–H groups in total. The smallest absolute Gasteiger partial charge is 0.418 e. The molecule has 11 heteroatoms. The number of thioether (sulfide) groups is 1. The Bertz CT molecular complexity index is 1370. The lowest BCUT2D eigenvalue weighted by molar-refractivity contribution is -0.137. The van der Waals surface area contributed by atoms with E-state index in [1.807, 2.05) is 0 Å². The average molecular weight is 479 g/mol. The molecular formula is C21H17F3N4O2S2. The van der Waals surface area contributed by atoms with E-state index in [1.165, 1.54) is 29.5 Å². The summed E-state index contributed by atoms with van der Waals surface area (Å²) >= 11 is 2.55. The fraction of sp³-hybridized carbons (Fsp3) is 0.333. The third kappa shape index (κ3) is 3.73. The van der Waals surface area contributed by atoms with Crippen molar-refractivity contribution in [2.24, 2.45) is 0 Å². The molecule has 0 amide bonds. The van der Waals surface area contributed by atoms with Gasteiger partial charge < -0.3 is 4.42 Å². The van der Waals surface area contributed by atoms with Crippen molar-refractivity contribution in [3.63, 3.8) is 0 Å². The van der Waals surface area contributed by atoms with Crippen LogP contribution in [0.2, 0.25) is 0 Å². The highest BCUT2D eigenvalue weighted by atomic mass is 32.2. The Hall–Kier alpha value is -2.66. The van der Waals surface area contributed by atoms with Crippen LogP contribution in [-0.2, 0) is 24.8 Å². The van der Waals surface area contributed by atoms with Gasteiger partial charge in [-0.05, 0) is 43.4 Å². The summed E-state index contributed by atoms with van der Waals surface area (Å²) in [6.45, 7) is 1.65. The molecule has 5 rings (SSSR count).